The Kier molecular flexibility index (Phi) is 6.84. The van der Waals surface area contributed by atoms with Crippen LogP contribution in [0.2, 0.25) is 0 Å². The average molecular weight is 340 g/mol. The number of rotatable bonds is 7. The van der Waals surface area contributed by atoms with Crippen LogP contribution in [0.15, 0.2) is 11.6 Å². The van der Waals surface area contributed by atoms with Crippen LogP contribution in [0, 0.1) is 0 Å². The molecule has 1 heterocycles. The fraction of sp³-hybridized carbons (Fsp3) is 0.778. The summed E-state index contributed by atoms with van der Waals surface area (Å²) in [4.78, 5) is 25.4. The van der Waals surface area contributed by atoms with E-state index in [1.807, 2.05) is 13.0 Å². The van der Waals surface area contributed by atoms with Crippen molar-refractivity contribution in [1.29, 1.82) is 0 Å². The molecular formula is C18H32N2O4. The Hall–Kier alpha value is -1.56. The zero-order valence-electron chi connectivity index (χ0n) is 16.1. The molecule has 1 fully saturated rings. The predicted molar refractivity (Wildman–Crippen MR) is 93.8 cm³/mol. The molecule has 1 N–H and O–H groups in total. The first-order valence-corrected chi connectivity index (χ1v) is 8.44. The minimum atomic E-state index is -0.623. The lowest BCUT2D eigenvalue weighted by Gasteiger charge is -2.19. The lowest BCUT2D eigenvalue weighted by atomic mass is 10.0. The molecule has 0 aromatic rings. The van der Waals surface area contributed by atoms with Crippen LogP contribution in [0.5, 0.6) is 0 Å². The van der Waals surface area contributed by atoms with Crippen LogP contribution in [0.3, 0.4) is 0 Å². The quantitative estimate of drug-likeness (QED) is 0.438. The number of carbonyl (C=O) groups excluding carboxylic acids is 2. The molecule has 24 heavy (non-hydrogen) atoms. The van der Waals surface area contributed by atoms with Gasteiger partial charge in [0.15, 0.2) is 0 Å². The Bertz CT molecular complexity index is 492. The number of likely N-dealkylation sites (N-methyl/N-ethyl adjacent to an activating group) is 1. The van der Waals surface area contributed by atoms with E-state index in [0.717, 1.165) is 12.8 Å². The number of ether oxygens (including phenoxy) is 2. The van der Waals surface area contributed by atoms with E-state index in [1.54, 1.807) is 20.8 Å². The molecule has 0 saturated carbocycles. The van der Waals surface area contributed by atoms with Crippen LogP contribution < -0.4 is 5.32 Å². The summed E-state index contributed by atoms with van der Waals surface area (Å²) >= 11 is 0. The molecule has 0 bridgehead atoms. The van der Waals surface area contributed by atoms with Crippen molar-refractivity contribution in [2.45, 2.75) is 71.6 Å². The van der Waals surface area contributed by atoms with Crippen molar-refractivity contribution in [3.63, 3.8) is 0 Å². The first-order valence-electron chi connectivity index (χ1n) is 8.44. The van der Waals surface area contributed by atoms with Crippen molar-refractivity contribution < 1.29 is 19.1 Å². The maximum absolute atomic E-state index is 11.6. The molecule has 0 aromatic heterocycles. The second kappa shape index (κ2) is 8.01. The van der Waals surface area contributed by atoms with E-state index in [2.05, 4.69) is 31.1 Å². The summed E-state index contributed by atoms with van der Waals surface area (Å²) in [6.07, 6.45) is 3.40. The summed E-state index contributed by atoms with van der Waals surface area (Å²) < 4.78 is 10.1. The van der Waals surface area contributed by atoms with Gasteiger partial charge in [0.05, 0.1) is 0 Å². The second-order valence-electron chi connectivity index (χ2n) is 7.91. The van der Waals surface area contributed by atoms with Gasteiger partial charge in [0.25, 0.3) is 0 Å². The van der Waals surface area contributed by atoms with Gasteiger partial charge in [0.2, 0.25) is 0 Å². The number of amides is 1. The number of alkyl carbamates (subject to hydrolysis) is 1. The molecule has 2 atom stereocenters. The van der Waals surface area contributed by atoms with Crippen molar-refractivity contribution in [1.82, 2.24) is 10.2 Å². The first kappa shape index (κ1) is 20.5. The van der Waals surface area contributed by atoms with Crippen LogP contribution in [-0.4, -0.2) is 54.3 Å². The normalized spacial score (nSPS) is 22.7. The SMILES string of the molecule is C/C(=C\COC(=O)CNC(=O)OC(C)(C)C)CCC1N(C)C1(C)C. The van der Waals surface area contributed by atoms with Gasteiger partial charge in [-0.05, 0) is 67.5 Å². The van der Waals surface area contributed by atoms with Gasteiger partial charge >= 0.3 is 12.1 Å². The average Bonchev–Trinajstić information content (AvgIpc) is 2.90. The molecule has 0 aliphatic carbocycles. The van der Waals surface area contributed by atoms with Crippen LogP contribution in [0.4, 0.5) is 4.79 Å². The number of carbonyl (C=O) groups is 2. The fourth-order valence-electron chi connectivity index (χ4n) is 2.57. The largest absolute Gasteiger partial charge is 0.460 e. The number of nitrogens with zero attached hydrogens (tertiary/aromatic N) is 1. The molecule has 1 rings (SSSR count). The zero-order chi connectivity index (χ0) is 18.5. The Morgan fingerprint density at radius 2 is 1.88 bits per heavy atom. The van der Waals surface area contributed by atoms with Crippen molar-refractivity contribution in [3.05, 3.63) is 11.6 Å². The number of hydrogen-bond donors (Lipinski definition) is 1. The Morgan fingerprint density at radius 1 is 1.29 bits per heavy atom. The molecule has 6 heteroatoms. The third-order valence-electron chi connectivity index (χ3n) is 4.39. The summed E-state index contributed by atoms with van der Waals surface area (Å²) in [5.74, 6) is -0.479. The van der Waals surface area contributed by atoms with E-state index in [1.165, 1.54) is 5.57 Å². The number of nitrogens with one attached hydrogen (secondary N) is 1. The van der Waals surface area contributed by atoms with Crippen molar-refractivity contribution in [3.8, 4) is 0 Å². The van der Waals surface area contributed by atoms with Gasteiger partial charge in [-0.25, -0.2) is 4.79 Å². The summed E-state index contributed by atoms with van der Waals surface area (Å²) in [6.45, 7) is 11.9. The van der Waals surface area contributed by atoms with Gasteiger partial charge in [-0.15, -0.1) is 0 Å². The smallest absolute Gasteiger partial charge is 0.408 e. The van der Waals surface area contributed by atoms with E-state index in [9.17, 15) is 9.59 Å². The lowest BCUT2D eigenvalue weighted by molar-refractivity contribution is -0.141. The minimum absolute atomic E-state index is 0.192. The lowest BCUT2D eigenvalue weighted by Crippen LogP contribution is -2.36. The first-order chi connectivity index (χ1) is 10.9. The van der Waals surface area contributed by atoms with Crippen molar-refractivity contribution >= 4 is 12.1 Å². The summed E-state index contributed by atoms with van der Waals surface area (Å²) in [5.41, 5.74) is 0.928. The van der Waals surface area contributed by atoms with Gasteiger partial charge in [-0.3, -0.25) is 9.69 Å². The molecule has 138 valence electrons. The third-order valence-corrected chi connectivity index (χ3v) is 4.39. The molecule has 1 amide bonds. The molecule has 1 aliphatic rings. The maximum atomic E-state index is 11.6. The Labute approximate surface area is 145 Å². The van der Waals surface area contributed by atoms with E-state index in [-0.39, 0.29) is 13.2 Å². The Morgan fingerprint density at radius 3 is 2.38 bits per heavy atom. The summed E-state index contributed by atoms with van der Waals surface area (Å²) in [6, 6.07) is 0.626. The molecule has 0 radical (unpaired) electrons. The maximum Gasteiger partial charge on any atom is 0.408 e. The molecular weight excluding hydrogens is 308 g/mol. The number of allylic oxidation sites excluding steroid dienone is 1. The van der Waals surface area contributed by atoms with Gasteiger partial charge < -0.3 is 14.8 Å². The topological polar surface area (TPSA) is 67.6 Å². The highest BCUT2D eigenvalue weighted by Crippen LogP contribution is 2.41. The monoisotopic (exact) mass is 340 g/mol. The van der Waals surface area contributed by atoms with Gasteiger partial charge in [-0.1, -0.05) is 5.57 Å². The standard InChI is InChI=1S/C18H32N2O4/c1-13(8-9-14-18(5,6)20(14)7)10-11-23-15(21)12-19-16(22)24-17(2,3)4/h10,14H,8-9,11-12H2,1-7H3,(H,19,22)/b13-10+. The molecule has 0 aromatic carbocycles. The van der Waals surface area contributed by atoms with Gasteiger partial charge in [0.1, 0.15) is 18.8 Å². The number of hydrogen-bond acceptors (Lipinski definition) is 5. The molecule has 6 nitrogen and oxygen atoms in total. The van der Waals surface area contributed by atoms with E-state index in [4.69, 9.17) is 9.47 Å². The highest BCUT2D eigenvalue weighted by molar-refractivity contribution is 5.78. The van der Waals surface area contributed by atoms with Crippen molar-refractivity contribution in [2.75, 3.05) is 20.2 Å². The van der Waals surface area contributed by atoms with Crippen LogP contribution >= 0.6 is 0 Å². The molecule has 0 spiro atoms. The van der Waals surface area contributed by atoms with E-state index >= 15 is 0 Å². The molecule has 1 saturated heterocycles. The summed E-state index contributed by atoms with van der Waals surface area (Å²) in [5, 5.41) is 2.38. The van der Waals surface area contributed by atoms with Crippen LogP contribution in [0.25, 0.3) is 0 Å². The van der Waals surface area contributed by atoms with Crippen LogP contribution in [-0.2, 0) is 14.3 Å². The van der Waals surface area contributed by atoms with Crippen molar-refractivity contribution in [2.24, 2.45) is 0 Å². The zero-order valence-corrected chi connectivity index (χ0v) is 16.1. The molecule has 1 aliphatic heterocycles. The predicted octanol–water partition coefficient (Wildman–Crippen LogP) is 2.87. The van der Waals surface area contributed by atoms with E-state index in [0.29, 0.717) is 11.6 Å². The van der Waals surface area contributed by atoms with Crippen LogP contribution in [0.1, 0.15) is 54.4 Å². The minimum Gasteiger partial charge on any atom is -0.460 e. The Balaban J connectivity index is 2.16. The molecule has 2 unspecified atom stereocenters. The third kappa shape index (κ3) is 6.91. The van der Waals surface area contributed by atoms with E-state index < -0.39 is 17.7 Å². The highest BCUT2D eigenvalue weighted by atomic mass is 16.6. The fourth-order valence-corrected chi connectivity index (χ4v) is 2.57. The van der Waals surface area contributed by atoms with Gasteiger partial charge in [-0.2, -0.15) is 0 Å². The second-order valence-corrected chi connectivity index (χ2v) is 7.91. The number of esters is 1. The highest BCUT2D eigenvalue weighted by Gasteiger charge is 2.51. The summed E-state index contributed by atoms with van der Waals surface area (Å²) in [7, 11) is 2.14. The van der Waals surface area contributed by atoms with Gasteiger partial charge in [0, 0.05) is 11.6 Å².